The molecular formula is C21H21N3OS. The minimum absolute atomic E-state index is 0.0228. The van der Waals surface area contributed by atoms with Crippen molar-refractivity contribution in [3.05, 3.63) is 77.9 Å². The van der Waals surface area contributed by atoms with Gasteiger partial charge in [0.05, 0.1) is 17.6 Å². The first-order valence-electron chi connectivity index (χ1n) is 8.75. The summed E-state index contributed by atoms with van der Waals surface area (Å²) in [7, 11) is 0. The number of benzene rings is 2. The summed E-state index contributed by atoms with van der Waals surface area (Å²) >= 11 is 1.67. The molecular weight excluding hydrogens is 342 g/mol. The molecule has 1 aromatic heterocycles. The largest absolute Gasteiger partial charge is 0.349 e. The van der Waals surface area contributed by atoms with Gasteiger partial charge < -0.3 is 9.88 Å². The van der Waals surface area contributed by atoms with Gasteiger partial charge in [0.25, 0.3) is 0 Å². The van der Waals surface area contributed by atoms with Crippen LogP contribution in [0.4, 0.5) is 0 Å². The number of rotatable bonds is 4. The molecule has 0 bridgehead atoms. The van der Waals surface area contributed by atoms with Gasteiger partial charge in [-0.05, 0) is 49.6 Å². The minimum Gasteiger partial charge on any atom is -0.349 e. The van der Waals surface area contributed by atoms with Crippen LogP contribution in [0.1, 0.15) is 29.7 Å². The molecule has 2 atom stereocenters. The SMILES string of the molecule is Cc1ccc2c(c1)S[C@H](C(=O)N[C@@H](C)c1ccc(-n3ccnc3)cc1)C2. The lowest BCUT2D eigenvalue weighted by molar-refractivity contribution is -0.121. The molecule has 1 aliphatic heterocycles. The molecule has 1 aliphatic rings. The molecule has 132 valence electrons. The zero-order chi connectivity index (χ0) is 18.1. The number of fused-ring (bicyclic) bond motifs is 1. The first kappa shape index (κ1) is 16.9. The smallest absolute Gasteiger partial charge is 0.234 e. The van der Waals surface area contributed by atoms with E-state index in [0.29, 0.717) is 0 Å². The van der Waals surface area contributed by atoms with Crippen LogP contribution in [0.25, 0.3) is 5.69 Å². The van der Waals surface area contributed by atoms with Crippen LogP contribution in [-0.2, 0) is 11.2 Å². The Morgan fingerprint density at radius 3 is 2.81 bits per heavy atom. The van der Waals surface area contributed by atoms with E-state index in [1.807, 2.05) is 29.8 Å². The summed E-state index contributed by atoms with van der Waals surface area (Å²) in [6.45, 7) is 4.12. The van der Waals surface area contributed by atoms with Gasteiger partial charge in [-0.1, -0.05) is 29.8 Å². The van der Waals surface area contributed by atoms with Crippen LogP contribution in [-0.4, -0.2) is 20.7 Å². The van der Waals surface area contributed by atoms with Crippen LogP contribution in [0, 0.1) is 6.92 Å². The molecule has 0 spiro atoms. The highest BCUT2D eigenvalue weighted by Gasteiger charge is 2.29. The highest BCUT2D eigenvalue weighted by molar-refractivity contribution is 8.01. The summed E-state index contributed by atoms with van der Waals surface area (Å²) in [5.41, 5.74) is 4.67. The summed E-state index contributed by atoms with van der Waals surface area (Å²) in [5, 5.41) is 3.12. The van der Waals surface area contributed by atoms with Crippen molar-refractivity contribution in [2.24, 2.45) is 0 Å². The summed E-state index contributed by atoms with van der Waals surface area (Å²) < 4.78 is 1.96. The van der Waals surface area contributed by atoms with E-state index in [-0.39, 0.29) is 17.2 Å². The van der Waals surface area contributed by atoms with Crippen molar-refractivity contribution in [3.63, 3.8) is 0 Å². The van der Waals surface area contributed by atoms with Gasteiger partial charge in [-0.3, -0.25) is 4.79 Å². The second-order valence-corrected chi connectivity index (χ2v) is 7.96. The van der Waals surface area contributed by atoms with Crippen LogP contribution in [0.3, 0.4) is 0 Å². The van der Waals surface area contributed by atoms with E-state index in [0.717, 1.165) is 17.7 Å². The highest BCUT2D eigenvalue weighted by Crippen LogP contribution is 2.37. The van der Waals surface area contributed by atoms with Crippen molar-refractivity contribution in [1.82, 2.24) is 14.9 Å². The highest BCUT2D eigenvalue weighted by atomic mass is 32.2. The normalized spacial score (nSPS) is 16.9. The predicted octanol–water partition coefficient (Wildman–Crippen LogP) is 4.07. The zero-order valence-corrected chi connectivity index (χ0v) is 15.7. The van der Waals surface area contributed by atoms with Gasteiger partial charge in [0, 0.05) is 23.0 Å². The summed E-state index contributed by atoms with van der Waals surface area (Å²) in [5.74, 6) is 0.107. The van der Waals surface area contributed by atoms with Crippen molar-refractivity contribution >= 4 is 17.7 Å². The fourth-order valence-corrected chi connectivity index (χ4v) is 4.52. The summed E-state index contributed by atoms with van der Waals surface area (Å²) in [6.07, 6.45) is 6.25. The second-order valence-electron chi connectivity index (χ2n) is 6.71. The number of amides is 1. The molecule has 5 heteroatoms. The maximum Gasteiger partial charge on any atom is 0.234 e. The molecule has 2 heterocycles. The van der Waals surface area contributed by atoms with Crippen LogP contribution >= 0.6 is 11.8 Å². The van der Waals surface area contributed by atoms with Crippen LogP contribution in [0.5, 0.6) is 0 Å². The number of hydrogen-bond acceptors (Lipinski definition) is 3. The van der Waals surface area contributed by atoms with Gasteiger partial charge in [-0.2, -0.15) is 0 Å². The Labute approximate surface area is 157 Å². The predicted molar refractivity (Wildman–Crippen MR) is 105 cm³/mol. The van der Waals surface area contributed by atoms with Crippen molar-refractivity contribution in [1.29, 1.82) is 0 Å². The van der Waals surface area contributed by atoms with Crippen LogP contribution in [0.15, 0.2) is 66.1 Å². The third-order valence-electron chi connectivity index (χ3n) is 4.74. The molecule has 2 aromatic carbocycles. The molecule has 0 fully saturated rings. The van der Waals surface area contributed by atoms with E-state index in [1.165, 1.54) is 16.0 Å². The number of nitrogens with zero attached hydrogens (tertiary/aromatic N) is 2. The average Bonchev–Trinajstić information content (AvgIpc) is 3.31. The van der Waals surface area contributed by atoms with Crippen LogP contribution < -0.4 is 5.32 Å². The summed E-state index contributed by atoms with van der Waals surface area (Å²) in [4.78, 5) is 18.0. The quantitative estimate of drug-likeness (QED) is 0.760. The molecule has 4 rings (SSSR count). The molecule has 4 nitrogen and oxygen atoms in total. The Balaban J connectivity index is 1.40. The Hall–Kier alpha value is -2.53. The van der Waals surface area contributed by atoms with Crippen LogP contribution in [0.2, 0.25) is 0 Å². The maximum absolute atomic E-state index is 12.7. The van der Waals surface area contributed by atoms with Crippen molar-refractivity contribution in [3.8, 4) is 5.69 Å². The molecule has 26 heavy (non-hydrogen) atoms. The number of imidazole rings is 1. The van der Waals surface area contributed by atoms with E-state index in [4.69, 9.17) is 0 Å². The fraction of sp³-hybridized carbons (Fsp3) is 0.238. The van der Waals surface area contributed by atoms with Crippen molar-refractivity contribution in [2.45, 2.75) is 36.5 Å². The number of aryl methyl sites for hydroxylation is 1. The standard InChI is InChI=1S/C21H21N3OS/c1-14-3-4-17-12-20(26-19(17)11-14)21(25)23-15(2)16-5-7-18(8-6-16)24-10-9-22-13-24/h3-11,13,15,20H,12H2,1-2H3,(H,23,25)/t15-,20-/m0/s1. The molecule has 3 aromatic rings. The van der Waals surface area contributed by atoms with E-state index in [2.05, 4.69) is 47.6 Å². The summed E-state index contributed by atoms with van der Waals surface area (Å²) in [6, 6.07) is 14.6. The number of nitrogens with one attached hydrogen (secondary N) is 1. The zero-order valence-electron chi connectivity index (χ0n) is 14.8. The van der Waals surface area contributed by atoms with Crippen molar-refractivity contribution < 1.29 is 4.79 Å². The lowest BCUT2D eigenvalue weighted by Gasteiger charge is -2.17. The molecule has 0 saturated heterocycles. The van der Waals surface area contributed by atoms with Gasteiger partial charge in [-0.25, -0.2) is 4.98 Å². The van der Waals surface area contributed by atoms with Gasteiger partial charge in [0.15, 0.2) is 0 Å². The monoisotopic (exact) mass is 363 g/mol. The number of carbonyl (C=O) groups excluding carboxylic acids is 1. The minimum atomic E-state index is -0.0422. The molecule has 0 unspecified atom stereocenters. The van der Waals surface area contributed by atoms with E-state index in [9.17, 15) is 4.79 Å². The molecule has 0 saturated carbocycles. The van der Waals surface area contributed by atoms with Gasteiger partial charge in [0.2, 0.25) is 5.91 Å². The Kier molecular flexibility index (Phi) is 4.55. The Bertz CT molecular complexity index is 919. The third kappa shape index (κ3) is 3.40. The van der Waals surface area contributed by atoms with Gasteiger partial charge >= 0.3 is 0 Å². The Morgan fingerprint density at radius 2 is 2.08 bits per heavy atom. The van der Waals surface area contributed by atoms with E-state index >= 15 is 0 Å². The molecule has 1 N–H and O–H groups in total. The van der Waals surface area contributed by atoms with E-state index < -0.39 is 0 Å². The topological polar surface area (TPSA) is 46.9 Å². The van der Waals surface area contributed by atoms with Gasteiger partial charge in [0.1, 0.15) is 0 Å². The lowest BCUT2D eigenvalue weighted by atomic mass is 10.1. The number of carbonyl (C=O) groups is 1. The fourth-order valence-electron chi connectivity index (χ4n) is 3.22. The second kappa shape index (κ2) is 7.00. The number of hydrogen-bond donors (Lipinski definition) is 1. The molecule has 0 radical (unpaired) electrons. The molecule has 0 aliphatic carbocycles. The first-order valence-corrected chi connectivity index (χ1v) is 9.63. The van der Waals surface area contributed by atoms with E-state index in [1.54, 1.807) is 24.3 Å². The Morgan fingerprint density at radius 1 is 1.27 bits per heavy atom. The maximum atomic E-state index is 12.7. The van der Waals surface area contributed by atoms with Gasteiger partial charge in [-0.15, -0.1) is 11.8 Å². The molecule has 1 amide bonds. The van der Waals surface area contributed by atoms with Crippen molar-refractivity contribution in [2.75, 3.05) is 0 Å². The first-order chi connectivity index (χ1) is 12.6. The number of aromatic nitrogens is 2. The lowest BCUT2D eigenvalue weighted by Crippen LogP contribution is -2.34. The third-order valence-corrected chi connectivity index (χ3v) is 6.04. The average molecular weight is 363 g/mol. The number of thioether (sulfide) groups is 1.